The summed E-state index contributed by atoms with van der Waals surface area (Å²) in [4.78, 5) is 31.7. The predicted octanol–water partition coefficient (Wildman–Crippen LogP) is 5.37. The highest BCUT2D eigenvalue weighted by Gasteiger charge is 2.35. The van der Waals surface area contributed by atoms with Crippen LogP contribution in [0.15, 0.2) is 35.7 Å². The van der Waals surface area contributed by atoms with Gasteiger partial charge in [-0.15, -0.1) is 11.3 Å². The lowest BCUT2D eigenvalue weighted by Crippen LogP contribution is -2.54. The zero-order chi connectivity index (χ0) is 26.6. The Hall–Kier alpha value is -2.58. The van der Waals surface area contributed by atoms with Crippen LogP contribution in [0, 0.1) is 0 Å². The molecule has 7 nitrogen and oxygen atoms in total. The van der Waals surface area contributed by atoms with E-state index in [0.29, 0.717) is 32.2 Å². The number of benzene rings is 1. The molecule has 1 fully saturated rings. The fraction of sp³-hybridized carbons (Fsp3) is 0.586. The van der Waals surface area contributed by atoms with E-state index in [1.165, 1.54) is 10.4 Å². The SMILES string of the molecule is CC(C)c1ccc(OCC2c3ccsc3CCN2C(=O)CN(CC2CCCO2)C(=O)NC(C)(C)C)cc1. The molecule has 2 unspecified atom stereocenters. The van der Waals surface area contributed by atoms with Crippen molar-refractivity contribution in [2.45, 2.75) is 77.5 Å². The van der Waals surface area contributed by atoms with E-state index in [9.17, 15) is 9.59 Å². The number of urea groups is 1. The van der Waals surface area contributed by atoms with E-state index < -0.39 is 5.54 Å². The molecule has 37 heavy (non-hydrogen) atoms. The van der Waals surface area contributed by atoms with Crippen molar-refractivity contribution in [3.63, 3.8) is 0 Å². The second-order valence-corrected chi connectivity index (χ2v) is 12.4. The Balaban J connectivity index is 1.48. The van der Waals surface area contributed by atoms with Gasteiger partial charge in [-0.3, -0.25) is 4.79 Å². The van der Waals surface area contributed by atoms with Gasteiger partial charge < -0.3 is 24.6 Å². The molecule has 4 rings (SSSR count). The number of amides is 3. The summed E-state index contributed by atoms with van der Waals surface area (Å²) in [5.74, 6) is 1.19. The normalized spacial score (nSPS) is 19.6. The summed E-state index contributed by atoms with van der Waals surface area (Å²) in [6.45, 7) is 12.3. The quantitative estimate of drug-likeness (QED) is 0.501. The minimum absolute atomic E-state index is 0.0147. The number of thiophene rings is 1. The summed E-state index contributed by atoms with van der Waals surface area (Å²) in [6.07, 6.45) is 2.67. The van der Waals surface area contributed by atoms with Gasteiger partial charge in [0.15, 0.2) is 0 Å². The minimum atomic E-state index is -0.396. The topological polar surface area (TPSA) is 71.1 Å². The minimum Gasteiger partial charge on any atom is -0.491 e. The number of fused-ring (bicyclic) bond motifs is 1. The summed E-state index contributed by atoms with van der Waals surface area (Å²) in [5, 5.41) is 5.11. The maximum absolute atomic E-state index is 13.7. The van der Waals surface area contributed by atoms with Crippen molar-refractivity contribution >= 4 is 23.3 Å². The summed E-state index contributed by atoms with van der Waals surface area (Å²) in [6, 6.07) is 9.86. The summed E-state index contributed by atoms with van der Waals surface area (Å²) in [5.41, 5.74) is 2.02. The second kappa shape index (κ2) is 11.9. The Bertz CT molecular complexity index is 1050. The molecule has 1 aromatic heterocycles. The number of rotatable bonds is 8. The van der Waals surface area contributed by atoms with Crippen LogP contribution in [0.25, 0.3) is 0 Å². The highest BCUT2D eigenvalue weighted by atomic mass is 32.1. The summed E-state index contributed by atoms with van der Waals surface area (Å²) < 4.78 is 12.0. The number of nitrogens with zero attached hydrogens (tertiary/aromatic N) is 2. The monoisotopic (exact) mass is 527 g/mol. The second-order valence-electron chi connectivity index (χ2n) is 11.4. The van der Waals surface area contributed by atoms with Gasteiger partial charge in [-0.1, -0.05) is 26.0 Å². The molecular weight excluding hydrogens is 486 g/mol. The number of nitrogens with one attached hydrogen (secondary N) is 1. The smallest absolute Gasteiger partial charge is 0.318 e. The van der Waals surface area contributed by atoms with E-state index in [0.717, 1.165) is 30.6 Å². The van der Waals surface area contributed by atoms with E-state index >= 15 is 0 Å². The van der Waals surface area contributed by atoms with Crippen molar-refractivity contribution < 1.29 is 19.1 Å². The predicted molar refractivity (Wildman–Crippen MR) is 147 cm³/mol. The first kappa shape index (κ1) is 27.5. The van der Waals surface area contributed by atoms with Gasteiger partial charge in [-0.05, 0) is 80.7 Å². The molecule has 202 valence electrons. The Labute approximate surface area is 225 Å². The molecule has 1 N–H and O–H groups in total. The maximum Gasteiger partial charge on any atom is 0.318 e. The van der Waals surface area contributed by atoms with Crippen molar-refractivity contribution in [1.29, 1.82) is 0 Å². The number of ether oxygens (including phenoxy) is 2. The van der Waals surface area contributed by atoms with Crippen molar-refractivity contribution in [2.75, 3.05) is 32.8 Å². The Morgan fingerprint density at radius 1 is 1.22 bits per heavy atom. The third kappa shape index (κ3) is 7.26. The summed E-state index contributed by atoms with van der Waals surface area (Å²) >= 11 is 1.73. The number of hydrogen-bond acceptors (Lipinski definition) is 5. The standard InChI is InChI=1S/C29H41N3O4S/c1-20(2)21-8-10-22(11-9-21)36-19-25-24-13-16-37-26(24)12-14-32(25)27(33)18-31(17-23-7-6-15-35-23)28(34)30-29(3,4)5/h8-11,13,16,20,23,25H,6-7,12,14-15,17-19H2,1-5H3,(H,30,34). The highest BCUT2D eigenvalue weighted by Crippen LogP contribution is 2.34. The van der Waals surface area contributed by atoms with Crippen molar-refractivity contribution in [3.8, 4) is 5.75 Å². The van der Waals surface area contributed by atoms with Crippen LogP contribution in [0.1, 0.15) is 75.4 Å². The lowest BCUT2D eigenvalue weighted by Gasteiger charge is -2.37. The lowest BCUT2D eigenvalue weighted by atomic mass is 10.00. The van der Waals surface area contributed by atoms with Gasteiger partial charge in [-0.25, -0.2) is 4.79 Å². The number of carbonyl (C=O) groups excluding carboxylic acids is 2. The molecule has 2 aliphatic rings. The van der Waals surface area contributed by atoms with Crippen LogP contribution in [0.3, 0.4) is 0 Å². The lowest BCUT2D eigenvalue weighted by molar-refractivity contribution is -0.135. The van der Waals surface area contributed by atoms with E-state index in [-0.39, 0.29) is 30.6 Å². The van der Waals surface area contributed by atoms with Gasteiger partial charge in [0.2, 0.25) is 5.91 Å². The summed E-state index contributed by atoms with van der Waals surface area (Å²) in [7, 11) is 0. The third-order valence-corrected chi connectivity index (χ3v) is 7.91. The first-order chi connectivity index (χ1) is 17.6. The van der Waals surface area contributed by atoms with Crippen molar-refractivity contribution in [2.24, 2.45) is 0 Å². The third-order valence-electron chi connectivity index (χ3n) is 6.91. The van der Waals surface area contributed by atoms with E-state index in [1.54, 1.807) is 16.2 Å². The van der Waals surface area contributed by atoms with Crippen LogP contribution in [0.5, 0.6) is 5.75 Å². The molecule has 0 bridgehead atoms. The maximum atomic E-state index is 13.7. The molecule has 3 amide bonds. The molecule has 0 saturated carbocycles. The van der Waals surface area contributed by atoms with Gasteiger partial charge in [0.1, 0.15) is 18.9 Å². The van der Waals surface area contributed by atoms with E-state index in [4.69, 9.17) is 9.47 Å². The Morgan fingerprint density at radius 2 is 1.97 bits per heavy atom. The first-order valence-electron chi connectivity index (χ1n) is 13.4. The largest absolute Gasteiger partial charge is 0.491 e. The zero-order valence-corrected chi connectivity index (χ0v) is 23.6. The Kier molecular flexibility index (Phi) is 8.80. The van der Waals surface area contributed by atoms with Crippen LogP contribution in [0.2, 0.25) is 0 Å². The fourth-order valence-electron chi connectivity index (χ4n) is 4.91. The molecule has 3 heterocycles. The molecule has 0 aliphatic carbocycles. The van der Waals surface area contributed by atoms with Crippen molar-refractivity contribution in [3.05, 3.63) is 51.7 Å². The Morgan fingerprint density at radius 3 is 2.62 bits per heavy atom. The molecule has 0 spiro atoms. The van der Waals surface area contributed by atoms with E-state index in [1.807, 2.05) is 37.8 Å². The molecule has 8 heteroatoms. The molecule has 1 saturated heterocycles. The molecule has 2 atom stereocenters. The molecule has 1 aromatic carbocycles. The average Bonchev–Trinajstić information content (AvgIpc) is 3.53. The van der Waals surface area contributed by atoms with Gasteiger partial charge in [0.25, 0.3) is 0 Å². The van der Waals surface area contributed by atoms with Gasteiger partial charge in [0.05, 0.1) is 12.1 Å². The first-order valence-corrected chi connectivity index (χ1v) is 14.3. The average molecular weight is 528 g/mol. The number of carbonyl (C=O) groups is 2. The van der Waals surface area contributed by atoms with Crippen LogP contribution in [0.4, 0.5) is 4.79 Å². The van der Waals surface area contributed by atoms with E-state index in [2.05, 4.69) is 42.7 Å². The molecule has 2 aromatic rings. The highest BCUT2D eigenvalue weighted by molar-refractivity contribution is 7.10. The van der Waals surface area contributed by atoms with Crippen LogP contribution in [-0.4, -0.2) is 66.2 Å². The molecular formula is C29H41N3O4S. The zero-order valence-electron chi connectivity index (χ0n) is 22.8. The van der Waals surface area contributed by atoms with Crippen LogP contribution >= 0.6 is 11.3 Å². The molecule has 0 radical (unpaired) electrons. The van der Waals surface area contributed by atoms with Gasteiger partial charge >= 0.3 is 6.03 Å². The van der Waals surface area contributed by atoms with Crippen LogP contribution in [-0.2, 0) is 16.0 Å². The van der Waals surface area contributed by atoms with Gasteiger partial charge in [0, 0.05) is 30.1 Å². The van der Waals surface area contributed by atoms with Crippen LogP contribution < -0.4 is 10.1 Å². The number of hydrogen-bond donors (Lipinski definition) is 1. The van der Waals surface area contributed by atoms with Crippen molar-refractivity contribution in [1.82, 2.24) is 15.1 Å². The fourth-order valence-corrected chi connectivity index (χ4v) is 5.83. The molecule has 2 aliphatic heterocycles. The van der Waals surface area contributed by atoms with Gasteiger partial charge in [-0.2, -0.15) is 0 Å².